The molecule has 1 fully saturated rings. The molecule has 1 unspecified atom stereocenters. The van der Waals surface area contributed by atoms with Crippen molar-refractivity contribution < 1.29 is 9.47 Å². The summed E-state index contributed by atoms with van der Waals surface area (Å²) >= 11 is 0. The van der Waals surface area contributed by atoms with Gasteiger partial charge in [-0.05, 0) is 67.6 Å². The Bertz CT molecular complexity index is 1300. The average Bonchev–Trinajstić information content (AvgIpc) is 3.44. The van der Waals surface area contributed by atoms with Gasteiger partial charge in [-0.1, -0.05) is 53.5 Å². The van der Waals surface area contributed by atoms with Gasteiger partial charge in [0.15, 0.2) is 6.23 Å². The number of nitrogens with one attached hydrogen (secondary N) is 1. The van der Waals surface area contributed by atoms with E-state index in [4.69, 9.17) is 14.6 Å². The molecule has 7 nitrogen and oxygen atoms in total. The van der Waals surface area contributed by atoms with Crippen molar-refractivity contribution >= 4 is 19.0 Å². The van der Waals surface area contributed by atoms with Crippen molar-refractivity contribution in [2.75, 3.05) is 20.2 Å². The van der Waals surface area contributed by atoms with Gasteiger partial charge in [-0.15, -0.1) is 5.54 Å². The molecule has 0 aliphatic carbocycles. The molecule has 1 saturated heterocycles. The monoisotopic (exact) mass is 549 g/mol. The predicted octanol–water partition coefficient (Wildman–Crippen LogP) is 6.69. The molecule has 8 heteroatoms. The van der Waals surface area contributed by atoms with Crippen LogP contribution < -0.4 is 10.1 Å². The molecule has 0 spiro atoms. The summed E-state index contributed by atoms with van der Waals surface area (Å²) in [4.78, 5) is 0. The molecule has 2 atom stereocenters. The lowest BCUT2D eigenvalue weighted by molar-refractivity contribution is -0.0367. The van der Waals surface area contributed by atoms with E-state index in [1.165, 1.54) is 0 Å². The molecule has 4 rings (SSSR count). The lowest BCUT2D eigenvalue weighted by Gasteiger charge is -2.38. The number of ether oxygens (including phenoxy) is 2. The van der Waals surface area contributed by atoms with Crippen LogP contribution in [-0.4, -0.2) is 53.9 Å². The summed E-state index contributed by atoms with van der Waals surface area (Å²) in [5.74, 6) is 4.41. The van der Waals surface area contributed by atoms with Gasteiger partial charge in [0.2, 0.25) is 5.88 Å². The zero-order chi connectivity index (χ0) is 28.3. The van der Waals surface area contributed by atoms with E-state index in [1.807, 2.05) is 20.3 Å². The zero-order valence-corrected chi connectivity index (χ0v) is 26.3. The maximum absolute atomic E-state index is 6.30. The number of likely N-dealkylation sites (N-methyl/N-ethyl adjacent to an activating group) is 1. The number of hydrogen-bond acceptors (Lipinski definition) is 5. The molecule has 0 saturated carbocycles. The molecular weight excluding hydrogens is 502 g/mol. The SMILES string of the molecule is CNC[C@H](C)Oc1c(-c2ccc3c(c2)c(C#C[Si](C(C)C)(C(C)C)C(C)C)nn3C2CCCCO2)cnn1C. The highest BCUT2D eigenvalue weighted by atomic mass is 28.3. The summed E-state index contributed by atoms with van der Waals surface area (Å²) in [6.45, 7) is 17.7. The van der Waals surface area contributed by atoms with Gasteiger partial charge in [-0.2, -0.15) is 10.2 Å². The second-order valence-corrected chi connectivity index (χ2v) is 17.5. The van der Waals surface area contributed by atoms with Gasteiger partial charge < -0.3 is 14.8 Å². The second-order valence-electron chi connectivity index (χ2n) is 12.0. The Morgan fingerprint density at radius 1 is 1.10 bits per heavy atom. The largest absolute Gasteiger partial charge is 0.473 e. The van der Waals surface area contributed by atoms with Gasteiger partial charge in [-0.25, -0.2) is 9.36 Å². The topological polar surface area (TPSA) is 66.1 Å². The molecule has 2 aromatic heterocycles. The fraction of sp³-hybridized carbons (Fsp3) is 0.613. The fourth-order valence-corrected chi connectivity index (χ4v) is 11.6. The summed E-state index contributed by atoms with van der Waals surface area (Å²) in [5.41, 5.74) is 9.51. The molecule has 212 valence electrons. The van der Waals surface area contributed by atoms with Crippen molar-refractivity contribution in [1.29, 1.82) is 0 Å². The molecule has 0 bridgehead atoms. The van der Waals surface area contributed by atoms with Crippen LogP contribution >= 0.6 is 0 Å². The smallest absolute Gasteiger partial charge is 0.219 e. The van der Waals surface area contributed by atoms with Gasteiger partial charge in [0, 0.05) is 25.6 Å². The minimum absolute atomic E-state index is 0.0155. The molecule has 3 aromatic rings. The van der Waals surface area contributed by atoms with Crippen molar-refractivity contribution in [1.82, 2.24) is 24.9 Å². The lowest BCUT2D eigenvalue weighted by atomic mass is 10.1. The Morgan fingerprint density at radius 3 is 2.44 bits per heavy atom. The summed E-state index contributed by atoms with van der Waals surface area (Å²) in [7, 11) is 1.94. The van der Waals surface area contributed by atoms with Gasteiger partial charge in [0.1, 0.15) is 19.9 Å². The number of fused-ring (bicyclic) bond motifs is 1. The Hall–Kier alpha value is -2.60. The first-order chi connectivity index (χ1) is 18.6. The van der Waals surface area contributed by atoms with Crippen LogP contribution in [-0.2, 0) is 11.8 Å². The highest BCUT2D eigenvalue weighted by Gasteiger charge is 2.41. The van der Waals surface area contributed by atoms with Crippen LogP contribution in [0.15, 0.2) is 24.4 Å². The van der Waals surface area contributed by atoms with E-state index in [9.17, 15) is 0 Å². The zero-order valence-electron chi connectivity index (χ0n) is 25.3. The van der Waals surface area contributed by atoms with Crippen molar-refractivity contribution in [2.24, 2.45) is 7.05 Å². The van der Waals surface area contributed by atoms with E-state index >= 15 is 0 Å². The molecule has 1 N–H and O–H groups in total. The van der Waals surface area contributed by atoms with Crippen LogP contribution in [0.2, 0.25) is 16.6 Å². The number of aryl methyl sites for hydroxylation is 1. The standard InChI is InChI=1S/C31H47N5O2Si/c1-21(2)39(22(3)4,23(5)6)17-15-28-26-18-25(27-20-33-35(9)31(27)38-24(7)19-32-8)13-14-29(26)36(34-28)30-12-10-11-16-37-30/h13-14,18,20-24,30,32H,10-12,16,19H2,1-9H3/t24-,30?/m0/s1. The van der Waals surface area contributed by atoms with Crippen LogP contribution in [0.25, 0.3) is 22.0 Å². The first kappa shape index (κ1) is 29.4. The number of nitrogens with zero attached hydrogens (tertiary/aromatic N) is 4. The maximum Gasteiger partial charge on any atom is 0.219 e. The minimum Gasteiger partial charge on any atom is -0.473 e. The first-order valence-corrected chi connectivity index (χ1v) is 16.8. The molecule has 0 radical (unpaired) electrons. The van der Waals surface area contributed by atoms with Crippen LogP contribution in [0.5, 0.6) is 5.88 Å². The summed E-state index contributed by atoms with van der Waals surface area (Å²) in [5, 5.41) is 13.9. The number of rotatable bonds is 9. The van der Waals surface area contributed by atoms with Crippen LogP contribution in [0.3, 0.4) is 0 Å². The normalized spacial score (nSPS) is 17.2. The quantitative estimate of drug-likeness (QED) is 0.238. The Kier molecular flexibility index (Phi) is 9.25. The van der Waals surface area contributed by atoms with Gasteiger partial charge in [0.05, 0.1) is 17.3 Å². The molecule has 3 heterocycles. The van der Waals surface area contributed by atoms with Crippen molar-refractivity contribution in [2.45, 2.75) is 96.7 Å². The van der Waals surface area contributed by atoms with E-state index in [1.54, 1.807) is 4.68 Å². The van der Waals surface area contributed by atoms with E-state index in [2.05, 4.69) is 93.2 Å². The summed E-state index contributed by atoms with van der Waals surface area (Å²) < 4.78 is 16.3. The second kappa shape index (κ2) is 12.3. The summed E-state index contributed by atoms with van der Waals surface area (Å²) in [6, 6.07) is 6.51. The molecule has 1 aromatic carbocycles. The Morgan fingerprint density at radius 2 is 1.82 bits per heavy atom. The molecule has 1 aliphatic heterocycles. The third-order valence-corrected chi connectivity index (χ3v) is 14.7. The highest BCUT2D eigenvalue weighted by Crippen LogP contribution is 2.41. The Labute approximate surface area is 235 Å². The minimum atomic E-state index is -1.92. The van der Waals surface area contributed by atoms with Gasteiger partial charge in [0.25, 0.3) is 0 Å². The van der Waals surface area contributed by atoms with Crippen molar-refractivity contribution in [3.63, 3.8) is 0 Å². The van der Waals surface area contributed by atoms with E-state index in [0.29, 0.717) is 16.6 Å². The van der Waals surface area contributed by atoms with E-state index in [0.717, 1.165) is 66.0 Å². The molecular formula is C31H47N5O2Si. The Balaban J connectivity index is 1.87. The van der Waals surface area contributed by atoms with Gasteiger partial charge in [-0.3, -0.25) is 0 Å². The molecule has 0 amide bonds. The summed E-state index contributed by atoms with van der Waals surface area (Å²) in [6.07, 6.45) is 5.07. The van der Waals surface area contributed by atoms with Gasteiger partial charge >= 0.3 is 0 Å². The maximum atomic E-state index is 6.30. The molecule has 39 heavy (non-hydrogen) atoms. The van der Waals surface area contributed by atoms with E-state index in [-0.39, 0.29) is 12.3 Å². The lowest BCUT2D eigenvalue weighted by Crippen LogP contribution is -2.43. The average molecular weight is 550 g/mol. The third kappa shape index (κ3) is 5.82. The molecule has 1 aliphatic rings. The number of benzene rings is 1. The highest BCUT2D eigenvalue weighted by molar-refractivity contribution is 6.90. The first-order valence-electron chi connectivity index (χ1n) is 14.6. The van der Waals surface area contributed by atoms with Crippen LogP contribution in [0.1, 0.15) is 79.7 Å². The predicted molar refractivity (Wildman–Crippen MR) is 163 cm³/mol. The fourth-order valence-electron chi connectivity index (χ4n) is 6.42. The van der Waals surface area contributed by atoms with Crippen molar-refractivity contribution in [3.8, 4) is 28.5 Å². The van der Waals surface area contributed by atoms with Crippen LogP contribution in [0.4, 0.5) is 0 Å². The van der Waals surface area contributed by atoms with Crippen LogP contribution in [0, 0.1) is 11.5 Å². The third-order valence-electron chi connectivity index (χ3n) is 8.40. The van der Waals surface area contributed by atoms with E-state index < -0.39 is 8.07 Å². The van der Waals surface area contributed by atoms with Crippen molar-refractivity contribution in [3.05, 3.63) is 30.1 Å². The number of aromatic nitrogens is 4. The number of hydrogen-bond donors (Lipinski definition) is 1.